The first kappa shape index (κ1) is 11.0. The van der Waals surface area contributed by atoms with Crippen molar-refractivity contribution in [1.82, 2.24) is 10.2 Å². The number of rotatable bonds is 3. The zero-order valence-electron chi connectivity index (χ0n) is 9.75. The van der Waals surface area contributed by atoms with Crippen molar-refractivity contribution in [2.75, 3.05) is 24.5 Å². The van der Waals surface area contributed by atoms with Gasteiger partial charge in [0.25, 0.3) is 0 Å². The normalized spacial score (nSPS) is 32.1. The third kappa shape index (κ3) is 1.91. The van der Waals surface area contributed by atoms with Crippen molar-refractivity contribution < 1.29 is 9.52 Å². The molecule has 1 aliphatic carbocycles. The Morgan fingerprint density at radius 2 is 2.24 bits per heavy atom. The lowest BCUT2D eigenvalue weighted by Crippen LogP contribution is -2.24. The third-order valence-corrected chi connectivity index (χ3v) is 3.90. The SMILES string of the molecule is NCCc1nnc(N2CC3CCC(O)C3C2)o1. The van der Waals surface area contributed by atoms with Crippen molar-refractivity contribution >= 4 is 6.01 Å². The summed E-state index contributed by atoms with van der Waals surface area (Å²) in [5.74, 6) is 1.55. The highest BCUT2D eigenvalue weighted by atomic mass is 16.4. The second kappa shape index (κ2) is 4.27. The highest BCUT2D eigenvalue weighted by Crippen LogP contribution is 2.39. The summed E-state index contributed by atoms with van der Waals surface area (Å²) in [6.45, 7) is 2.27. The fourth-order valence-electron chi connectivity index (χ4n) is 2.99. The monoisotopic (exact) mass is 238 g/mol. The average molecular weight is 238 g/mol. The molecule has 0 spiro atoms. The van der Waals surface area contributed by atoms with Crippen molar-refractivity contribution in [2.45, 2.75) is 25.4 Å². The fourth-order valence-corrected chi connectivity index (χ4v) is 2.99. The lowest BCUT2D eigenvalue weighted by atomic mass is 10.00. The Balaban J connectivity index is 1.69. The molecule has 2 fully saturated rings. The van der Waals surface area contributed by atoms with E-state index >= 15 is 0 Å². The van der Waals surface area contributed by atoms with Gasteiger partial charge in [-0.25, -0.2) is 0 Å². The van der Waals surface area contributed by atoms with Crippen molar-refractivity contribution in [3.63, 3.8) is 0 Å². The predicted molar refractivity (Wildman–Crippen MR) is 61.5 cm³/mol. The largest absolute Gasteiger partial charge is 0.408 e. The number of aromatic nitrogens is 2. The summed E-state index contributed by atoms with van der Waals surface area (Å²) in [7, 11) is 0. The van der Waals surface area contributed by atoms with Gasteiger partial charge >= 0.3 is 6.01 Å². The molecule has 6 heteroatoms. The Morgan fingerprint density at radius 1 is 1.35 bits per heavy atom. The highest BCUT2D eigenvalue weighted by Gasteiger charge is 2.43. The second-order valence-corrected chi connectivity index (χ2v) is 4.99. The van der Waals surface area contributed by atoms with E-state index in [1.165, 1.54) is 0 Å². The molecule has 17 heavy (non-hydrogen) atoms. The topological polar surface area (TPSA) is 88.4 Å². The number of aliphatic hydroxyl groups excluding tert-OH is 1. The quantitative estimate of drug-likeness (QED) is 0.756. The molecule has 0 amide bonds. The third-order valence-electron chi connectivity index (χ3n) is 3.90. The van der Waals surface area contributed by atoms with Gasteiger partial charge in [0, 0.05) is 32.0 Å². The minimum atomic E-state index is -0.156. The van der Waals surface area contributed by atoms with E-state index in [0.29, 0.717) is 36.7 Å². The van der Waals surface area contributed by atoms with Gasteiger partial charge in [0.05, 0.1) is 6.10 Å². The maximum absolute atomic E-state index is 9.84. The number of hydrogen-bond donors (Lipinski definition) is 2. The number of hydrogen-bond acceptors (Lipinski definition) is 6. The maximum atomic E-state index is 9.84. The molecule has 6 nitrogen and oxygen atoms in total. The molecular formula is C11H18N4O2. The van der Waals surface area contributed by atoms with E-state index in [1.807, 2.05) is 0 Å². The van der Waals surface area contributed by atoms with Crippen LogP contribution in [0.15, 0.2) is 4.42 Å². The fraction of sp³-hybridized carbons (Fsp3) is 0.818. The van der Waals surface area contributed by atoms with Crippen LogP contribution in [0.5, 0.6) is 0 Å². The molecule has 1 aliphatic heterocycles. The van der Waals surface area contributed by atoms with Crippen LogP contribution in [0.2, 0.25) is 0 Å². The first-order valence-electron chi connectivity index (χ1n) is 6.23. The van der Waals surface area contributed by atoms with E-state index < -0.39 is 0 Å². The number of anilines is 1. The smallest absolute Gasteiger partial charge is 0.318 e. The summed E-state index contributed by atoms with van der Waals surface area (Å²) in [5, 5.41) is 17.8. The predicted octanol–water partition coefficient (Wildman–Crippen LogP) is -0.222. The number of aliphatic hydroxyl groups is 1. The van der Waals surface area contributed by atoms with Gasteiger partial charge in [-0.2, -0.15) is 0 Å². The molecule has 2 heterocycles. The summed E-state index contributed by atoms with van der Waals surface area (Å²) in [6, 6.07) is 0.579. The Labute approximate surface area is 99.8 Å². The van der Waals surface area contributed by atoms with E-state index in [4.69, 9.17) is 10.2 Å². The van der Waals surface area contributed by atoms with Gasteiger partial charge in [-0.15, -0.1) is 5.10 Å². The molecule has 1 aromatic heterocycles. The molecule has 0 bridgehead atoms. The van der Waals surface area contributed by atoms with Crippen molar-refractivity contribution in [3.05, 3.63) is 5.89 Å². The molecule has 3 atom stereocenters. The molecule has 94 valence electrons. The van der Waals surface area contributed by atoms with E-state index in [2.05, 4.69) is 15.1 Å². The molecular weight excluding hydrogens is 220 g/mol. The summed E-state index contributed by atoms with van der Waals surface area (Å²) in [6.07, 6.45) is 2.50. The van der Waals surface area contributed by atoms with Crippen LogP contribution in [0.3, 0.4) is 0 Å². The summed E-state index contributed by atoms with van der Waals surface area (Å²) < 4.78 is 5.55. The highest BCUT2D eigenvalue weighted by molar-refractivity contribution is 5.28. The van der Waals surface area contributed by atoms with Crippen LogP contribution in [-0.2, 0) is 6.42 Å². The van der Waals surface area contributed by atoms with Crippen LogP contribution in [-0.4, -0.2) is 41.0 Å². The zero-order valence-corrected chi connectivity index (χ0v) is 9.75. The van der Waals surface area contributed by atoms with E-state index in [-0.39, 0.29) is 6.10 Å². The molecule has 3 N–H and O–H groups in total. The number of fused-ring (bicyclic) bond motifs is 1. The van der Waals surface area contributed by atoms with Crippen LogP contribution in [0.1, 0.15) is 18.7 Å². The molecule has 0 radical (unpaired) electrons. The molecule has 0 aromatic carbocycles. The number of nitrogens with two attached hydrogens (primary N) is 1. The van der Waals surface area contributed by atoms with Gasteiger partial charge in [0.15, 0.2) is 0 Å². The Kier molecular flexibility index (Phi) is 2.76. The van der Waals surface area contributed by atoms with Crippen molar-refractivity contribution in [1.29, 1.82) is 0 Å². The Morgan fingerprint density at radius 3 is 3.00 bits per heavy atom. The molecule has 1 saturated carbocycles. The first-order valence-corrected chi connectivity index (χ1v) is 6.23. The average Bonchev–Trinajstić information content (AvgIpc) is 2.96. The minimum absolute atomic E-state index is 0.156. The molecule has 1 aromatic rings. The summed E-state index contributed by atoms with van der Waals surface area (Å²) in [5.41, 5.74) is 5.44. The van der Waals surface area contributed by atoms with Crippen LogP contribution >= 0.6 is 0 Å². The van der Waals surface area contributed by atoms with Crippen molar-refractivity contribution in [3.8, 4) is 0 Å². The van der Waals surface area contributed by atoms with E-state index in [0.717, 1.165) is 25.9 Å². The van der Waals surface area contributed by atoms with Gasteiger partial charge in [-0.1, -0.05) is 5.10 Å². The van der Waals surface area contributed by atoms with Gasteiger partial charge in [0.2, 0.25) is 5.89 Å². The standard InChI is InChI=1S/C11H18N4O2/c12-4-3-10-13-14-11(17-10)15-5-7-1-2-9(16)8(7)6-15/h7-9,16H,1-6,12H2. The van der Waals surface area contributed by atoms with Crippen LogP contribution < -0.4 is 10.6 Å². The Bertz CT molecular complexity index is 395. The van der Waals surface area contributed by atoms with Crippen LogP contribution in [0.4, 0.5) is 6.01 Å². The Hall–Kier alpha value is -1.14. The molecule has 2 aliphatic rings. The van der Waals surface area contributed by atoms with Gasteiger partial charge in [0.1, 0.15) is 0 Å². The minimum Gasteiger partial charge on any atom is -0.408 e. The van der Waals surface area contributed by atoms with Crippen molar-refractivity contribution in [2.24, 2.45) is 17.6 Å². The number of nitrogens with zero attached hydrogens (tertiary/aromatic N) is 3. The molecule has 1 saturated heterocycles. The molecule has 3 rings (SSSR count). The lowest BCUT2D eigenvalue weighted by Gasteiger charge is -2.15. The summed E-state index contributed by atoms with van der Waals surface area (Å²) >= 11 is 0. The summed E-state index contributed by atoms with van der Waals surface area (Å²) in [4.78, 5) is 2.09. The van der Waals surface area contributed by atoms with Gasteiger partial charge < -0.3 is 20.2 Å². The second-order valence-electron chi connectivity index (χ2n) is 4.99. The van der Waals surface area contributed by atoms with Crippen LogP contribution in [0, 0.1) is 11.8 Å². The molecule has 3 unspecified atom stereocenters. The zero-order chi connectivity index (χ0) is 11.8. The van der Waals surface area contributed by atoms with Gasteiger partial charge in [-0.05, 0) is 18.8 Å². The first-order chi connectivity index (χ1) is 8.28. The van der Waals surface area contributed by atoms with Gasteiger partial charge in [-0.3, -0.25) is 0 Å². The van der Waals surface area contributed by atoms with E-state index in [1.54, 1.807) is 0 Å². The lowest BCUT2D eigenvalue weighted by molar-refractivity contribution is 0.133. The maximum Gasteiger partial charge on any atom is 0.318 e. The van der Waals surface area contributed by atoms with Crippen LogP contribution in [0.25, 0.3) is 0 Å². The van der Waals surface area contributed by atoms with E-state index in [9.17, 15) is 5.11 Å².